The van der Waals surface area contributed by atoms with Crippen LogP contribution >= 0.6 is 0 Å². The molecule has 0 bridgehead atoms. The topological polar surface area (TPSA) is 50.9 Å². The number of halogens is 1. The Labute approximate surface area is 115 Å². The summed E-state index contributed by atoms with van der Waals surface area (Å²) < 4.78 is 16.0. The molecule has 0 aliphatic carbocycles. The van der Waals surface area contributed by atoms with E-state index in [9.17, 15) is 9.50 Å². The van der Waals surface area contributed by atoms with Crippen LogP contribution in [0.25, 0.3) is 22.4 Å². The van der Waals surface area contributed by atoms with Gasteiger partial charge >= 0.3 is 0 Å². The van der Waals surface area contributed by atoms with E-state index in [2.05, 4.69) is 9.97 Å². The third-order valence-electron chi connectivity index (χ3n) is 3.20. The number of aromatic hydroxyl groups is 1. The number of phenolic OH excluding ortho intramolecular Hbond substituents is 1. The minimum atomic E-state index is -0.491. The monoisotopic (exact) mass is 271 g/mol. The van der Waals surface area contributed by atoms with Gasteiger partial charge in [-0.2, -0.15) is 0 Å². The number of rotatable bonds is 2. The van der Waals surface area contributed by atoms with E-state index in [0.717, 1.165) is 17.1 Å². The first-order chi connectivity index (χ1) is 9.58. The zero-order chi connectivity index (χ0) is 14.3. The molecule has 20 heavy (non-hydrogen) atoms. The van der Waals surface area contributed by atoms with Crippen molar-refractivity contribution in [1.29, 1.82) is 0 Å². The van der Waals surface area contributed by atoms with Crippen molar-refractivity contribution in [3.63, 3.8) is 0 Å². The molecule has 0 unspecified atom stereocenters. The van der Waals surface area contributed by atoms with Crippen LogP contribution in [0.15, 0.2) is 36.7 Å². The van der Waals surface area contributed by atoms with Crippen LogP contribution in [0.1, 0.15) is 19.9 Å². The van der Waals surface area contributed by atoms with E-state index in [1.165, 1.54) is 12.1 Å². The van der Waals surface area contributed by atoms with Gasteiger partial charge in [0.25, 0.3) is 0 Å². The van der Waals surface area contributed by atoms with Crippen molar-refractivity contribution in [3.05, 3.63) is 42.5 Å². The fourth-order valence-electron chi connectivity index (χ4n) is 2.35. The Balaban J connectivity index is 2.32. The summed E-state index contributed by atoms with van der Waals surface area (Å²) in [6.07, 6.45) is 3.36. The Morgan fingerprint density at radius 2 is 2.05 bits per heavy atom. The number of benzene rings is 1. The van der Waals surface area contributed by atoms with Gasteiger partial charge in [0.05, 0.1) is 17.3 Å². The summed E-state index contributed by atoms with van der Waals surface area (Å²) in [6.45, 7) is 4.03. The van der Waals surface area contributed by atoms with E-state index in [0.29, 0.717) is 11.4 Å². The molecule has 2 heterocycles. The van der Waals surface area contributed by atoms with Gasteiger partial charge in [0.2, 0.25) is 0 Å². The molecular weight excluding hydrogens is 257 g/mol. The average molecular weight is 271 g/mol. The number of hydrogen-bond donors (Lipinski definition) is 1. The summed E-state index contributed by atoms with van der Waals surface area (Å²) in [5.74, 6) is -0.0456. The highest BCUT2D eigenvalue weighted by atomic mass is 19.1. The van der Waals surface area contributed by atoms with Gasteiger partial charge in [-0.3, -0.25) is 4.98 Å². The number of aromatic nitrogens is 3. The van der Waals surface area contributed by atoms with Gasteiger partial charge in [-0.05, 0) is 32.0 Å². The fraction of sp³-hybridized carbons (Fsp3) is 0.200. The first-order valence-corrected chi connectivity index (χ1v) is 6.39. The zero-order valence-corrected chi connectivity index (χ0v) is 11.2. The van der Waals surface area contributed by atoms with Crippen LogP contribution in [0.3, 0.4) is 0 Å². The molecule has 5 heteroatoms. The molecule has 3 rings (SSSR count). The van der Waals surface area contributed by atoms with Crippen molar-refractivity contribution < 1.29 is 9.50 Å². The Bertz CT molecular complexity index is 780. The maximum atomic E-state index is 14.1. The second-order valence-electron chi connectivity index (χ2n) is 4.93. The van der Waals surface area contributed by atoms with Crippen LogP contribution in [0, 0.1) is 5.82 Å². The lowest BCUT2D eigenvalue weighted by Crippen LogP contribution is -2.04. The molecule has 0 saturated heterocycles. The van der Waals surface area contributed by atoms with E-state index in [4.69, 9.17) is 0 Å². The number of imidazole rings is 1. The van der Waals surface area contributed by atoms with E-state index < -0.39 is 5.82 Å². The smallest absolute Gasteiger partial charge is 0.144 e. The highest BCUT2D eigenvalue weighted by molar-refractivity contribution is 5.80. The molecule has 0 aliphatic heterocycles. The van der Waals surface area contributed by atoms with Crippen LogP contribution in [0.4, 0.5) is 4.39 Å². The summed E-state index contributed by atoms with van der Waals surface area (Å²) in [4.78, 5) is 8.52. The Kier molecular flexibility index (Phi) is 2.89. The van der Waals surface area contributed by atoms with Crippen molar-refractivity contribution >= 4 is 11.0 Å². The molecular formula is C15H14FN3O. The van der Waals surface area contributed by atoms with E-state index in [1.807, 2.05) is 24.5 Å². The SMILES string of the molecule is CC(C)n1c(-c2ccc(O)cc2F)nc2cnccc21. The van der Waals surface area contributed by atoms with E-state index in [-0.39, 0.29) is 11.8 Å². The number of nitrogens with zero attached hydrogens (tertiary/aromatic N) is 3. The molecule has 102 valence electrons. The minimum absolute atomic E-state index is 0.0971. The molecule has 0 saturated carbocycles. The molecule has 4 nitrogen and oxygen atoms in total. The lowest BCUT2D eigenvalue weighted by molar-refractivity contribution is 0.469. The predicted octanol–water partition coefficient (Wildman–Crippen LogP) is 3.52. The maximum Gasteiger partial charge on any atom is 0.144 e. The van der Waals surface area contributed by atoms with Crippen LogP contribution in [0.2, 0.25) is 0 Å². The Morgan fingerprint density at radius 1 is 1.25 bits per heavy atom. The summed E-state index contributed by atoms with van der Waals surface area (Å²) in [7, 11) is 0. The molecule has 0 radical (unpaired) electrons. The van der Waals surface area contributed by atoms with Gasteiger partial charge in [0.15, 0.2) is 0 Å². The molecule has 1 N–H and O–H groups in total. The Morgan fingerprint density at radius 3 is 2.75 bits per heavy atom. The molecule has 0 fully saturated rings. The largest absolute Gasteiger partial charge is 0.508 e. The minimum Gasteiger partial charge on any atom is -0.508 e. The zero-order valence-electron chi connectivity index (χ0n) is 11.2. The third-order valence-corrected chi connectivity index (χ3v) is 3.20. The quantitative estimate of drug-likeness (QED) is 0.775. The fourth-order valence-corrected chi connectivity index (χ4v) is 2.35. The predicted molar refractivity (Wildman–Crippen MR) is 75.0 cm³/mol. The van der Waals surface area contributed by atoms with Gasteiger partial charge in [-0.1, -0.05) is 0 Å². The normalized spacial score (nSPS) is 11.4. The highest BCUT2D eigenvalue weighted by Crippen LogP contribution is 2.30. The van der Waals surface area contributed by atoms with Gasteiger partial charge in [-0.25, -0.2) is 9.37 Å². The molecule has 0 atom stereocenters. The van der Waals surface area contributed by atoms with E-state index in [1.54, 1.807) is 12.4 Å². The van der Waals surface area contributed by atoms with Gasteiger partial charge in [-0.15, -0.1) is 0 Å². The summed E-state index contributed by atoms with van der Waals surface area (Å²) in [6, 6.07) is 6.09. The van der Waals surface area contributed by atoms with Crippen molar-refractivity contribution in [2.75, 3.05) is 0 Å². The second kappa shape index (κ2) is 4.59. The van der Waals surface area contributed by atoms with Crippen molar-refractivity contribution in [2.45, 2.75) is 19.9 Å². The standard InChI is InChI=1S/C15H14FN3O/c1-9(2)19-14-5-6-17-8-13(14)18-15(19)11-4-3-10(20)7-12(11)16/h3-9,20H,1-2H3. The average Bonchev–Trinajstić information content (AvgIpc) is 2.77. The first kappa shape index (κ1) is 12.6. The number of fused-ring (bicyclic) bond motifs is 1. The van der Waals surface area contributed by atoms with Crippen molar-refractivity contribution in [3.8, 4) is 17.1 Å². The second-order valence-corrected chi connectivity index (χ2v) is 4.93. The molecule has 0 spiro atoms. The highest BCUT2D eigenvalue weighted by Gasteiger charge is 2.17. The molecule has 1 aromatic carbocycles. The maximum absolute atomic E-state index is 14.1. The molecule has 2 aromatic heterocycles. The number of hydrogen-bond acceptors (Lipinski definition) is 3. The van der Waals surface area contributed by atoms with Crippen LogP contribution in [0.5, 0.6) is 5.75 Å². The number of pyridine rings is 1. The van der Waals surface area contributed by atoms with Crippen LogP contribution in [-0.2, 0) is 0 Å². The van der Waals surface area contributed by atoms with Crippen molar-refractivity contribution in [1.82, 2.24) is 14.5 Å². The summed E-state index contributed by atoms with van der Waals surface area (Å²) in [5, 5.41) is 9.33. The lowest BCUT2D eigenvalue weighted by Gasteiger charge is -2.13. The van der Waals surface area contributed by atoms with Gasteiger partial charge in [0, 0.05) is 18.3 Å². The molecule has 0 amide bonds. The summed E-state index contributed by atoms with van der Waals surface area (Å²) >= 11 is 0. The lowest BCUT2D eigenvalue weighted by atomic mass is 10.2. The van der Waals surface area contributed by atoms with Crippen molar-refractivity contribution in [2.24, 2.45) is 0 Å². The molecule has 3 aromatic rings. The third kappa shape index (κ3) is 1.91. The molecule has 0 aliphatic rings. The van der Waals surface area contributed by atoms with Gasteiger partial charge in [0.1, 0.15) is 22.9 Å². The number of phenols is 1. The van der Waals surface area contributed by atoms with Gasteiger partial charge < -0.3 is 9.67 Å². The van der Waals surface area contributed by atoms with E-state index >= 15 is 0 Å². The van der Waals surface area contributed by atoms with Crippen LogP contribution in [-0.4, -0.2) is 19.6 Å². The summed E-state index contributed by atoms with van der Waals surface area (Å²) in [5.41, 5.74) is 2.01. The first-order valence-electron chi connectivity index (χ1n) is 6.39. The Hall–Kier alpha value is -2.43. The van der Waals surface area contributed by atoms with Crippen LogP contribution < -0.4 is 0 Å².